The van der Waals surface area contributed by atoms with Crippen molar-refractivity contribution in [2.45, 2.75) is 32.3 Å². The molecule has 0 saturated carbocycles. The number of nitrogens with one attached hydrogen (secondary N) is 1. The molecule has 0 saturated heterocycles. The second kappa shape index (κ2) is 7.50. The topological polar surface area (TPSA) is 34.1 Å². The lowest BCUT2D eigenvalue weighted by molar-refractivity contribution is 0.193. The van der Waals surface area contributed by atoms with E-state index in [1.54, 1.807) is 6.20 Å². The molecule has 1 aromatic carbocycles. The second-order valence-electron chi connectivity index (χ2n) is 6.12. The standard InChI is InChI=1S/C17H24N2OSi/c1-21(2,3)20-17(16-10-7-11-18-13-16)14-19-12-15-8-5-4-6-9-15/h4-11,13,17,19H,12,14H2,1-3H3. The summed E-state index contributed by atoms with van der Waals surface area (Å²) < 4.78 is 6.30. The summed E-state index contributed by atoms with van der Waals surface area (Å²) >= 11 is 0. The second-order valence-corrected chi connectivity index (χ2v) is 10.6. The Morgan fingerprint density at radius 1 is 1.10 bits per heavy atom. The van der Waals surface area contributed by atoms with Crippen molar-refractivity contribution in [3.63, 3.8) is 0 Å². The quantitative estimate of drug-likeness (QED) is 0.791. The number of hydrogen-bond acceptors (Lipinski definition) is 3. The summed E-state index contributed by atoms with van der Waals surface area (Å²) in [5.41, 5.74) is 2.43. The highest BCUT2D eigenvalue weighted by Gasteiger charge is 2.22. The van der Waals surface area contributed by atoms with Crippen molar-refractivity contribution < 1.29 is 4.43 Å². The van der Waals surface area contributed by atoms with Crippen LogP contribution in [0, 0.1) is 0 Å². The molecule has 4 heteroatoms. The number of nitrogens with zero attached hydrogens (tertiary/aromatic N) is 1. The summed E-state index contributed by atoms with van der Waals surface area (Å²) in [7, 11) is -1.60. The monoisotopic (exact) mass is 300 g/mol. The Kier molecular flexibility index (Phi) is 5.67. The van der Waals surface area contributed by atoms with E-state index in [4.69, 9.17) is 4.43 Å². The van der Waals surface area contributed by atoms with Gasteiger partial charge in [0, 0.05) is 25.5 Å². The SMILES string of the molecule is C[Si](C)(C)OC(CNCc1ccccc1)c1cccnc1. The van der Waals surface area contributed by atoms with Gasteiger partial charge in [0.25, 0.3) is 0 Å². The van der Waals surface area contributed by atoms with E-state index in [-0.39, 0.29) is 6.10 Å². The van der Waals surface area contributed by atoms with Crippen LogP contribution in [0.3, 0.4) is 0 Å². The van der Waals surface area contributed by atoms with Gasteiger partial charge in [-0.1, -0.05) is 36.4 Å². The van der Waals surface area contributed by atoms with E-state index >= 15 is 0 Å². The van der Waals surface area contributed by atoms with Crippen molar-refractivity contribution in [3.05, 3.63) is 66.0 Å². The molecule has 0 radical (unpaired) electrons. The van der Waals surface area contributed by atoms with E-state index in [1.165, 1.54) is 5.56 Å². The third-order valence-electron chi connectivity index (χ3n) is 3.05. The van der Waals surface area contributed by atoms with Gasteiger partial charge < -0.3 is 9.74 Å². The Labute approximate surface area is 128 Å². The molecule has 1 aromatic heterocycles. The minimum atomic E-state index is -1.60. The molecule has 0 aliphatic heterocycles. The number of pyridine rings is 1. The molecule has 0 amide bonds. The molecule has 1 N–H and O–H groups in total. The molecule has 2 rings (SSSR count). The van der Waals surface area contributed by atoms with Crippen LogP contribution >= 0.6 is 0 Å². The van der Waals surface area contributed by atoms with E-state index in [2.05, 4.69) is 60.3 Å². The molecule has 1 atom stereocenters. The van der Waals surface area contributed by atoms with Gasteiger partial charge in [-0.25, -0.2) is 0 Å². The fourth-order valence-corrected chi connectivity index (χ4v) is 3.24. The fourth-order valence-electron chi connectivity index (χ4n) is 2.16. The Balaban J connectivity index is 1.96. The first kappa shape index (κ1) is 15.9. The number of hydrogen-bond donors (Lipinski definition) is 1. The van der Waals surface area contributed by atoms with Gasteiger partial charge in [0.15, 0.2) is 8.32 Å². The van der Waals surface area contributed by atoms with Crippen LogP contribution < -0.4 is 5.32 Å². The van der Waals surface area contributed by atoms with E-state index < -0.39 is 8.32 Å². The molecule has 21 heavy (non-hydrogen) atoms. The van der Waals surface area contributed by atoms with E-state index in [9.17, 15) is 0 Å². The predicted molar refractivity (Wildman–Crippen MR) is 89.6 cm³/mol. The Morgan fingerprint density at radius 3 is 2.48 bits per heavy atom. The third-order valence-corrected chi connectivity index (χ3v) is 4.05. The molecule has 0 aliphatic rings. The van der Waals surface area contributed by atoms with Crippen molar-refractivity contribution in [1.82, 2.24) is 10.3 Å². The summed E-state index contributed by atoms with van der Waals surface area (Å²) in [6.45, 7) is 8.30. The molecule has 3 nitrogen and oxygen atoms in total. The lowest BCUT2D eigenvalue weighted by Crippen LogP contribution is -2.33. The normalized spacial score (nSPS) is 13.1. The largest absolute Gasteiger partial charge is 0.409 e. The molecule has 0 aliphatic carbocycles. The molecule has 2 aromatic rings. The lowest BCUT2D eigenvalue weighted by atomic mass is 10.1. The summed E-state index contributed by atoms with van der Waals surface area (Å²) in [6, 6.07) is 14.5. The van der Waals surface area contributed by atoms with E-state index in [0.29, 0.717) is 0 Å². The zero-order valence-electron chi connectivity index (χ0n) is 13.0. The van der Waals surface area contributed by atoms with Crippen LogP contribution in [0.4, 0.5) is 0 Å². The molecular weight excluding hydrogens is 276 g/mol. The Bertz CT molecular complexity index is 525. The van der Waals surface area contributed by atoms with Crippen LogP contribution in [0.5, 0.6) is 0 Å². The summed E-state index contributed by atoms with van der Waals surface area (Å²) in [5, 5.41) is 3.49. The number of benzene rings is 1. The Morgan fingerprint density at radius 2 is 1.86 bits per heavy atom. The third kappa shape index (κ3) is 5.79. The minimum Gasteiger partial charge on any atom is -0.409 e. The zero-order valence-corrected chi connectivity index (χ0v) is 14.0. The highest BCUT2D eigenvalue weighted by Crippen LogP contribution is 2.21. The van der Waals surface area contributed by atoms with Crippen molar-refractivity contribution in [3.8, 4) is 0 Å². The maximum Gasteiger partial charge on any atom is 0.184 e. The van der Waals surface area contributed by atoms with Gasteiger partial charge in [-0.15, -0.1) is 0 Å². The molecule has 112 valence electrons. The highest BCUT2D eigenvalue weighted by molar-refractivity contribution is 6.69. The van der Waals surface area contributed by atoms with Gasteiger partial charge >= 0.3 is 0 Å². The molecule has 0 bridgehead atoms. The minimum absolute atomic E-state index is 0.0640. The maximum atomic E-state index is 6.30. The van der Waals surface area contributed by atoms with Gasteiger partial charge in [-0.3, -0.25) is 4.98 Å². The Hall–Kier alpha value is -1.49. The van der Waals surface area contributed by atoms with E-state index in [0.717, 1.165) is 18.7 Å². The maximum absolute atomic E-state index is 6.30. The zero-order chi connectivity index (χ0) is 15.1. The first-order chi connectivity index (χ1) is 10.0. The average molecular weight is 300 g/mol. The first-order valence-corrected chi connectivity index (χ1v) is 10.8. The van der Waals surface area contributed by atoms with Crippen LogP contribution in [0.25, 0.3) is 0 Å². The van der Waals surface area contributed by atoms with Crippen molar-refractivity contribution in [2.75, 3.05) is 6.54 Å². The summed E-state index contributed by atoms with van der Waals surface area (Å²) in [5.74, 6) is 0. The molecule has 0 spiro atoms. The van der Waals surface area contributed by atoms with Crippen LogP contribution in [0.1, 0.15) is 17.2 Å². The van der Waals surface area contributed by atoms with Gasteiger partial charge in [0.05, 0.1) is 6.10 Å². The summed E-state index contributed by atoms with van der Waals surface area (Å²) in [4.78, 5) is 4.21. The first-order valence-electron chi connectivity index (χ1n) is 7.37. The summed E-state index contributed by atoms with van der Waals surface area (Å²) in [6.07, 6.45) is 3.76. The number of rotatable bonds is 7. The van der Waals surface area contributed by atoms with Gasteiger partial charge in [-0.05, 0) is 36.8 Å². The van der Waals surface area contributed by atoms with Crippen LogP contribution in [0.15, 0.2) is 54.9 Å². The van der Waals surface area contributed by atoms with Crippen molar-refractivity contribution in [1.29, 1.82) is 0 Å². The van der Waals surface area contributed by atoms with E-state index in [1.807, 2.05) is 18.3 Å². The van der Waals surface area contributed by atoms with Crippen LogP contribution in [-0.2, 0) is 11.0 Å². The number of aromatic nitrogens is 1. The fraction of sp³-hybridized carbons (Fsp3) is 0.353. The van der Waals surface area contributed by atoms with Crippen molar-refractivity contribution >= 4 is 8.32 Å². The lowest BCUT2D eigenvalue weighted by Gasteiger charge is -2.27. The van der Waals surface area contributed by atoms with Gasteiger partial charge in [-0.2, -0.15) is 0 Å². The molecular formula is C17H24N2OSi. The van der Waals surface area contributed by atoms with Crippen LogP contribution in [-0.4, -0.2) is 19.8 Å². The van der Waals surface area contributed by atoms with Gasteiger partial charge in [0.1, 0.15) is 0 Å². The smallest absolute Gasteiger partial charge is 0.184 e. The average Bonchev–Trinajstić information content (AvgIpc) is 2.47. The molecule has 1 unspecified atom stereocenters. The highest BCUT2D eigenvalue weighted by atomic mass is 28.4. The molecule has 1 heterocycles. The predicted octanol–water partition coefficient (Wildman–Crippen LogP) is 3.76. The van der Waals surface area contributed by atoms with Crippen LogP contribution in [0.2, 0.25) is 19.6 Å². The van der Waals surface area contributed by atoms with Crippen molar-refractivity contribution in [2.24, 2.45) is 0 Å². The van der Waals surface area contributed by atoms with Gasteiger partial charge in [0.2, 0.25) is 0 Å². The molecule has 0 fully saturated rings.